The van der Waals surface area contributed by atoms with Crippen molar-refractivity contribution < 1.29 is 14.7 Å². The number of amides is 1. The van der Waals surface area contributed by atoms with E-state index in [1.54, 1.807) is 40.8 Å². The van der Waals surface area contributed by atoms with Crippen LogP contribution in [0.15, 0.2) is 18.2 Å². The lowest BCUT2D eigenvalue weighted by atomic mass is 10.1. The second kappa shape index (κ2) is 5.46. The Kier molecular flexibility index (Phi) is 4.39. The van der Waals surface area contributed by atoms with E-state index in [9.17, 15) is 10.0 Å². The second-order valence-corrected chi connectivity index (χ2v) is 5.28. The normalized spacial score (nSPS) is 11.1. The zero-order valence-electron chi connectivity index (χ0n) is 11.8. The van der Waals surface area contributed by atoms with E-state index in [2.05, 4.69) is 0 Å². The summed E-state index contributed by atoms with van der Waals surface area (Å²) in [6.07, 6.45) is -0.525. The molecule has 19 heavy (non-hydrogen) atoms. The van der Waals surface area contributed by atoms with Crippen LogP contribution in [0.1, 0.15) is 26.3 Å². The summed E-state index contributed by atoms with van der Waals surface area (Å²) >= 11 is 0. The van der Waals surface area contributed by atoms with Crippen molar-refractivity contribution in [1.82, 2.24) is 0 Å². The molecule has 0 radical (unpaired) electrons. The first-order valence-electron chi connectivity index (χ1n) is 5.85. The fourth-order valence-electron chi connectivity index (χ4n) is 1.51. The first-order valence-corrected chi connectivity index (χ1v) is 5.85. The summed E-state index contributed by atoms with van der Waals surface area (Å²) < 4.78 is 5.24. The van der Waals surface area contributed by atoms with E-state index in [0.29, 0.717) is 5.69 Å². The summed E-state index contributed by atoms with van der Waals surface area (Å²) in [4.78, 5) is 13.2. The molecule has 1 aromatic rings. The number of hydrogen-bond donors (Lipinski definition) is 1. The molecule has 0 fully saturated rings. The number of ether oxygens (including phenoxy) is 1. The molecule has 106 valence electrons. The molecule has 0 spiro atoms. The molecule has 0 aliphatic rings. The highest BCUT2D eigenvalue weighted by molar-refractivity contribution is 5.89. The minimum Gasteiger partial charge on any atom is -0.733 e. The molecule has 0 bridgehead atoms. The third-order valence-corrected chi connectivity index (χ3v) is 2.44. The van der Waals surface area contributed by atoms with Gasteiger partial charge in [0.2, 0.25) is 0 Å². The Morgan fingerprint density at radius 3 is 2.42 bits per heavy atom. The molecule has 6 nitrogen and oxygen atoms in total. The van der Waals surface area contributed by atoms with Crippen LogP contribution in [0.5, 0.6) is 0 Å². The van der Waals surface area contributed by atoms with E-state index in [0.717, 1.165) is 5.56 Å². The van der Waals surface area contributed by atoms with Crippen molar-refractivity contribution in [3.8, 4) is 0 Å². The number of carbonyl (C=O) groups excluding carboxylic acids is 1. The number of aryl methyl sites for hydroxylation is 1. The van der Waals surface area contributed by atoms with Crippen molar-refractivity contribution in [3.05, 3.63) is 29.0 Å². The summed E-state index contributed by atoms with van der Waals surface area (Å²) in [6.45, 7) is 7.12. The van der Waals surface area contributed by atoms with Crippen LogP contribution < -0.4 is 10.1 Å². The van der Waals surface area contributed by atoms with Crippen LogP contribution in [0.3, 0.4) is 0 Å². The number of anilines is 2. The summed E-state index contributed by atoms with van der Waals surface area (Å²) in [5.74, 6) is 0. The molecule has 1 N–H and O–H groups in total. The van der Waals surface area contributed by atoms with Crippen molar-refractivity contribution >= 4 is 17.5 Å². The van der Waals surface area contributed by atoms with E-state index in [-0.39, 0.29) is 10.9 Å². The fourth-order valence-corrected chi connectivity index (χ4v) is 1.51. The van der Waals surface area contributed by atoms with Crippen molar-refractivity contribution in [2.24, 2.45) is 0 Å². The van der Waals surface area contributed by atoms with Gasteiger partial charge < -0.3 is 15.2 Å². The van der Waals surface area contributed by atoms with E-state index >= 15 is 0 Å². The van der Waals surface area contributed by atoms with Crippen LogP contribution >= 0.6 is 0 Å². The fraction of sp³-hybridized carbons (Fsp3) is 0.462. The van der Waals surface area contributed by atoms with Gasteiger partial charge in [-0.3, -0.25) is 10.1 Å². The van der Waals surface area contributed by atoms with Crippen molar-refractivity contribution in [2.75, 3.05) is 17.2 Å². The Balaban J connectivity index is 3.01. The maximum Gasteiger partial charge on any atom is 0.414 e. The van der Waals surface area contributed by atoms with Crippen LogP contribution in [0.2, 0.25) is 0 Å². The highest BCUT2D eigenvalue weighted by Crippen LogP contribution is 2.26. The van der Waals surface area contributed by atoms with Crippen LogP contribution in [-0.4, -0.2) is 23.9 Å². The van der Waals surface area contributed by atoms with Crippen LogP contribution in [-0.2, 0) is 4.74 Å². The highest BCUT2D eigenvalue weighted by Gasteiger charge is 2.21. The molecule has 0 aromatic heterocycles. The predicted octanol–water partition coefficient (Wildman–Crippen LogP) is 3.06. The van der Waals surface area contributed by atoms with Crippen molar-refractivity contribution in [1.29, 1.82) is 0 Å². The number of hydrogen-bond acceptors (Lipinski definition) is 5. The largest absolute Gasteiger partial charge is 0.733 e. The second-order valence-electron chi connectivity index (χ2n) is 5.28. The van der Waals surface area contributed by atoms with Gasteiger partial charge in [-0.05, 0) is 45.4 Å². The van der Waals surface area contributed by atoms with E-state index in [1.165, 1.54) is 17.0 Å². The van der Waals surface area contributed by atoms with E-state index < -0.39 is 11.7 Å². The molecule has 0 saturated carbocycles. The zero-order chi connectivity index (χ0) is 14.8. The summed E-state index contributed by atoms with van der Waals surface area (Å²) in [5.41, 5.74) is 0.745. The molecule has 0 heterocycles. The molecule has 0 atom stereocenters. The number of carbonyl (C=O) groups is 1. The molecule has 0 aliphatic carbocycles. The maximum absolute atomic E-state index is 11.9. The standard InChI is InChI=1S/C13H19N2O4/c1-9-6-7-10(15(17)18)8-11(9)14(5)12(16)19-13(2,3)4/h6-8,17H,1-5H3/q-1. The van der Waals surface area contributed by atoms with Gasteiger partial charge in [0.25, 0.3) is 0 Å². The van der Waals surface area contributed by atoms with E-state index in [4.69, 9.17) is 9.94 Å². The Labute approximate surface area is 112 Å². The Bertz CT molecular complexity index is 466. The quantitative estimate of drug-likeness (QED) is 0.833. The lowest BCUT2D eigenvalue weighted by molar-refractivity contribution is 0.0589. The van der Waals surface area contributed by atoms with Crippen LogP contribution in [0.25, 0.3) is 0 Å². The summed E-state index contributed by atoms with van der Waals surface area (Å²) in [5, 5.41) is 19.5. The van der Waals surface area contributed by atoms with Gasteiger partial charge in [0.05, 0.1) is 11.4 Å². The average Bonchev–Trinajstić information content (AvgIpc) is 2.26. The molecule has 0 unspecified atom stereocenters. The van der Waals surface area contributed by atoms with Crippen LogP contribution in [0, 0.1) is 12.1 Å². The number of nitrogens with zero attached hydrogens (tertiary/aromatic N) is 2. The topological polar surface area (TPSA) is 76.1 Å². The van der Waals surface area contributed by atoms with Gasteiger partial charge in [-0.1, -0.05) is 6.07 Å². The average molecular weight is 267 g/mol. The van der Waals surface area contributed by atoms with Gasteiger partial charge >= 0.3 is 6.09 Å². The van der Waals surface area contributed by atoms with Gasteiger partial charge in [0.15, 0.2) is 0 Å². The number of rotatable bonds is 2. The Morgan fingerprint density at radius 2 is 1.95 bits per heavy atom. The summed E-state index contributed by atoms with van der Waals surface area (Å²) in [7, 11) is 1.55. The molecule has 1 amide bonds. The summed E-state index contributed by atoms with van der Waals surface area (Å²) in [6, 6.07) is 4.54. The van der Waals surface area contributed by atoms with Gasteiger partial charge in [0.1, 0.15) is 5.60 Å². The molecule has 1 rings (SSSR count). The van der Waals surface area contributed by atoms with Crippen molar-refractivity contribution in [2.45, 2.75) is 33.3 Å². The SMILES string of the molecule is Cc1ccc(N([O-])O)cc1N(C)C(=O)OC(C)(C)C. The van der Waals surface area contributed by atoms with Gasteiger partial charge in [-0.15, -0.1) is 0 Å². The van der Waals surface area contributed by atoms with Gasteiger partial charge in [0, 0.05) is 7.05 Å². The Hall–Kier alpha value is -1.79. The number of benzene rings is 1. The molecular formula is C13H19N2O4-. The molecule has 6 heteroatoms. The van der Waals surface area contributed by atoms with Crippen molar-refractivity contribution in [3.63, 3.8) is 0 Å². The maximum atomic E-state index is 11.9. The predicted molar refractivity (Wildman–Crippen MR) is 73.4 cm³/mol. The van der Waals surface area contributed by atoms with Gasteiger partial charge in [-0.2, -0.15) is 0 Å². The first kappa shape index (κ1) is 15.3. The molecule has 0 saturated heterocycles. The Morgan fingerprint density at radius 1 is 1.37 bits per heavy atom. The third kappa shape index (κ3) is 4.11. The lowest BCUT2D eigenvalue weighted by Crippen LogP contribution is -2.34. The molecular weight excluding hydrogens is 248 g/mol. The van der Waals surface area contributed by atoms with Crippen LogP contribution in [0.4, 0.5) is 16.2 Å². The minimum atomic E-state index is -0.599. The molecule has 1 aromatic carbocycles. The minimum absolute atomic E-state index is 0.0519. The highest BCUT2D eigenvalue weighted by atomic mass is 16.8. The van der Waals surface area contributed by atoms with E-state index in [1.807, 2.05) is 0 Å². The van der Waals surface area contributed by atoms with Gasteiger partial charge in [-0.25, -0.2) is 4.79 Å². The first-order chi connectivity index (χ1) is 8.61. The smallest absolute Gasteiger partial charge is 0.414 e. The zero-order valence-corrected chi connectivity index (χ0v) is 11.8. The lowest BCUT2D eigenvalue weighted by Gasteiger charge is -2.27. The molecule has 0 aliphatic heterocycles. The monoisotopic (exact) mass is 267 g/mol. The third-order valence-electron chi connectivity index (χ3n) is 2.44.